The molecule has 0 saturated carbocycles. The molecule has 17 heavy (non-hydrogen) atoms. The molecular formula is C14H17ClO2. The van der Waals surface area contributed by atoms with Gasteiger partial charge in [-0.25, -0.2) is 0 Å². The molecular weight excluding hydrogens is 236 g/mol. The lowest BCUT2D eigenvalue weighted by Gasteiger charge is -2.21. The van der Waals surface area contributed by atoms with Crippen LogP contribution in [0.5, 0.6) is 0 Å². The van der Waals surface area contributed by atoms with Crippen LogP contribution in [-0.4, -0.2) is 19.0 Å². The Bertz CT molecular complexity index is 409. The highest BCUT2D eigenvalue weighted by molar-refractivity contribution is 6.30. The van der Waals surface area contributed by atoms with Crippen LogP contribution < -0.4 is 0 Å². The summed E-state index contributed by atoms with van der Waals surface area (Å²) in [6.07, 6.45) is 2.63. The van der Waals surface area contributed by atoms with Crippen LogP contribution in [0.15, 0.2) is 18.2 Å². The minimum absolute atomic E-state index is 0.228. The van der Waals surface area contributed by atoms with E-state index in [0.29, 0.717) is 17.4 Å². The summed E-state index contributed by atoms with van der Waals surface area (Å²) in [5.41, 5.74) is 1.77. The molecule has 0 spiro atoms. The average molecular weight is 253 g/mol. The highest BCUT2D eigenvalue weighted by Crippen LogP contribution is 2.23. The number of carbonyl (C=O) groups is 1. The van der Waals surface area contributed by atoms with Crippen molar-refractivity contribution >= 4 is 17.4 Å². The third-order valence-corrected chi connectivity index (χ3v) is 3.54. The molecule has 0 bridgehead atoms. The first-order valence-electron chi connectivity index (χ1n) is 6.04. The molecule has 2 rings (SSSR count). The van der Waals surface area contributed by atoms with Crippen molar-refractivity contribution in [3.05, 3.63) is 34.3 Å². The Labute approximate surface area is 107 Å². The van der Waals surface area contributed by atoms with Crippen LogP contribution >= 0.6 is 11.6 Å². The zero-order valence-corrected chi connectivity index (χ0v) is 10.8. The van der Waals surface area contributed by atoms with E-state index in [1.807, 2.05) is 19.1 Å². The number of ketones is 1. The number of carbonyl (C=O) groups excluding carboxylic acids is 1. The minimum Gasteiger partial charge on any atom is -0.381 e. The molecule has 0 atom stereocenters. The van der Waals surface area contributed by atoms with Gasteiger partial charge >= 0.3 is 0 Å². The van der Waals surface area contributed by atoms with E-state index in [-0.39, 0.29) is 5.78 Å². The summed E-state index contributed by atoms with van der Waals surface area (Å²) in [6.45, 7) is 3.51. The van der Waals surface area contributed by atoms with Crippen LogP contribution in [0, 0.1) is 12.8 Å². The van der Waals surface area contributed by atoms with E-state index >= 15 is 0 Å². The molecule has 0 aliphatic carbocycles. The first-order valence-corrected chi connectivity index (χ1v) is 6.41. The van der Waals surface area contributed by atoms with E-state index in [1.165, 1.54) is 0 Å². The molecule has 0 N–H and O–H groups in total. The smallest absolute Gasteiger partial charge is 0.163 e. The van der Waals surface area contributed by atoms with Crippen molar-refractivity contribution in [3.8, 4) is 0 Å². The normalized spacial score (nSPS) is 17.1. The Morgan fingerprint density at radius 3 is 2.76 bits per heavy atom. The van der Waals surface area contributed by atoms with Crippen LogP contribution in [-0.2, 0) is 4.74 Å². The molecule has 1 fully saturated rings. The highest BCUT2D eigenvalue weighted by atomic mass is 35.5. The lowest BCUT2D eigenvalue weighted by molar-refractivity contribution is 0.0601. The minimum atomic E-state index is 0.228. The standard InChI is InChI=1S/C14H17ClO2/c1-10-8-12(15)2-3-13(10)14(16)9-11-4-6-17-7-5-11/h2-3,8,11H,4-7,9H2,1H3. The third-order valence-electron chi connectivity index (χ3n) is 3.30. The van der Waals surface area contributed by atoms with Gasteiger partial charge in [0, 0.05) is 30.2 Å². The molecule has 2 nitrogen and oxygen atoms in total. The Hall–Kier alpha value is -0.860. The van der Waals surface area contributed by atoms with Gasteiger partial charge in [0.2, 0.25) is 0 Å². The number of aryl methyl sites for hydroxylation is 1. The van der Waals surface area contributed by atoms with E-state index in [1.54, 1.807) is 6.07 Å². The summed E-state index contributed by atoms with van der Waals surface area (Å²) in [5, 5.41) is 0.685. The fraction of sp³-hybridized carbons (Fsp3) is 0.500. The Morgan fingerprint density at radius 2 is 2.12 bits per heavy atom. The maximum atomic E-state index is 12.2. The second-order valence-corrected chi connectivity index (χ2v) is 5.08. The van der Waals surface area contributed by atoms with Gasteiger partial charge in [-0.2, -0.15) is 0 Å². The van der Waals surface area contributed by atoms with Gasteiger partial charge in [-0.15, -0.1) is 0 Å². The zero-order valence-electron chi connectivity index (χ0n) is 10.0. The first kappa shape index (κ1) is 12.6. The number of halogens is 1. The molecule has 1 aromatic rings. The lowest BCUT2D eigenvalue weighted by Crippen LogP contribution is -2.19. The molecule has 1 aromatic carbocycles. The topological polar surface area (TPSA) is 26.3 Å². The number of Topliss-reactive ketones (excluding diaryl/α,β-unsaturated/α-hetero) is 1. The van der Waals surface area contributed by atoms with Crippen molar-refractivity contribution in [2.75, 3.05) is 13.2 Å². The van der Waals surface area contributed by atoms with Crippen LogP contribution in [0.4, 0.5) is 0 Å². The monoisotopic (exact) mass is 252 g/mol. The van der Waals surface area contributed by atoms with Gasteiger partial charge in [0.15, 0.2) is 5.78 Å². The summed E-state index contributed by atoms with van der Waals surface area (Å²) in [4.78, 5) is 12.2. The highest BCUT2D eigenvalue weighted by Gasteiger charge is 2.19. The van der Waals surface area contributed by atoms with Crippen molar-refractivity contribution in [2.24, 2.45) is 5.92 Å². The van der Waals surface area contributed by atoms with E-state index in [0.717, 1.165) is 37.2 Å². The number of ether oxygens (including phenoxy) is 1. The fourth-order valence-electron chi connectivity index (χ4n) is 2.26. The second-order valence-electron chi connectivity index (χ2n) is 4.64. The predicted octanol–water partition coefficient (Wildman–Crippen LogP) is 3.65. The van der Waals surface area contributed by atoms with Crippen LogP contribution in [0.1, 0.15) is 35.2 Å². The van der Waals surface area contributed by atoms with Gasteiger partial charge in [0.05, 0.1) is 0 Å². The Balaban J connectivity index is 2.03. The average Bonchev–Trinajstić information content (AvgIpc) is 2.30. The number of rotatable bonds is 3. The molecule has 0 aromatic heterocycles. The largest absolute Gasteiger partial charge is 0.381 e. The zero-order chi connectivity index (χ0) is 12.3. The van der Waals surface area contributed by atoms with E-state index < -0.39 is 0 Å². The molecule has 92 valence electrons. The number of benzene rings is 1. The van der Waals surface area contributed by atoms with Gasteiger partial charge in [-0.05, 0) is 49.4 Å². The van der Waals surface area contributed by atoms with E-state index in [4.69, 9.17) is 16.3 Å². The summed E-state index contributed by atoms with van der Waals surface area (Å²) >= 11 is 5.89. The summed E-state index contributed by atoms with van der Waals surface area (Å²) < 4.78 is 5.30. The molecule has 1 aliphatic rings. The van der Waals surface area contributed by atoms with Crippen LogP contribution in [0.2, 0.25) is 5.02 Å². The van der Waals surface area contributed by atoms with Gasteiger partial charge in [-0.3, -0.25) is 4.79 Å². The molecule has 0 amide bonds. The van der Waals surface area contributed by atoms with Crippen LogP contribution in [0.25, 0.3) is 0 Å². The van der Waals surface area contributed by atoms with Gasteiger partial charge in [-0.1, -0.05) is 11.6 Å². The lowest BCUT2D eigenvalue weighted by atomic mass is 9.91. The first-order chi connectivity index (χ1) is 8.16. The Kier molecular flexibility index (Phi) is 4.19. The maximum Gasteiger partial charge on any atom is 0.163 e. The van der Waals surface area contributed by atoms with Crippen molar-refractivity contribution in [3.63, 3.8) is 0 Å². The number of hydrogen-bond acceptors (Lipinski definition) is 2. The van der Waals surface area contributed by atoms with Gasteiger partial charge in [0.1, 0.15) is 0 Å². The molecule has 1 aliphatic heterocycles. The second kappa shape index (κ2) is 5.65. The maximum absolute atomic E-state index is 12.2. The number of hydrogen-bond donors (Lipinski definition) is 0. The molecule has 0 unspecified atom stereocenters. The Morgan fingerprint density at radius 1 is 1.41 bits per heavy atom. The van der Waals surface area contributed by atoms with E-state index in [9.17, 15) is 4.79 Å². The molecule has 1 heterocycles. The fourth-order valence-corrected chi connectivity index (χ4v) is 2.49. The SMILES string of the molecule is Cc1cc(Cl)ccc1C(=O)CC1CCOCC1. The van der Waals surface area contributed by atoms with Crippen LogP contribution in [0.3, 0.4) is 0 Å². The molecule has 0 radical (unpaired) electrons. The summed E-state index contributed by atoms with van der Waals surface area (Å²) in [6, 6.07) is 5.46. The van der Waals surface area contributed by atoms with E-state index in [2.05, 4.69) is 0 Å². The van der Waals surface area contributed by atoms with Crippen molar-refractivity contribution < 1.29 is 9.53 Å². The van der Waals surface area contributed by atoms with Gasteiger partial charge < -0.3 is 4.74 Å². The molecule has 1 saturated heterocycles. The van der Waals surface area contributed by atoms with Gasteiger partial charge in [0.25, 0.3) is 0 Å². The quantitative estimate of drug-likeness (QED) is 0.768. The predicted molar refractivity (Wildman–Crippen MR) is 68.7 cm³/mol. The van der Waals surface area contributed by atoms with Crippen molar-refractivity contribution in [1.82, 2.24) is 0 Å². The summed E-state index contributed by atoms with van der Waals surface area (Å²) in [7, 11) is 0. The van der Waals surface area contributed by atoms with Crippen molar-refractivity contribution in [1.29, 1.82) is 0 Å². The van der Waals surface area contributed by atoms with Crippen molar-refractivity contribution in [2.45, 2.75) is 26.2 Å². The molecule has 3 heteroatoms. The third kappa shape index (κ3) is 3.30. The summed E-state index contributed by atoms with van der Waals surface area (Å²) in [5.74, 6) is 0.706.